The van der Waals surface area contributed by atoms with Gasteiger partial charge in [0.1, 0.15) is 6.33 Å². The predicted molar refractivity (Wildman–Crippen MR) is 61.3 cm³/mol. The Labute approximate surface area is 97.8 Å². The number of aromatic nitrogens is 3. The molecule has 1 aromatic rings. The molecule has 0 atom stereocenters. The van der Waals surface area contributed by atoms with Gasteiger partial charge in [-0.2, -0.15) is 0 Å². The van der Waals surface area contributed by atoms with E-state index in [2.05, 4.69) is 14.9 Å². The Kier molecular flexibility index (Phi) is 4.84. The molecule has 1 rings (SSSR count). The smallest absolute Gasteiger partial charge is 0.333 e. The summed E-state index contributed by atoms with van der Waals surface area (Å²) in [6.45, 7) is 1.90. The zero-order valence-electron chi connectivity index (χ0n) is 9.21. The zero-order chi connectivity index (χ0) is 12.0. The van der Waals surface area contributed by atoms with Crippen molar-refractivity contribution in [1.82, 2.24) is 14.9 Å². The fourth-order valence-corrected chi connectivity index (χ4v) is 1.79. The van der Waals surface area contributed by atoms with E-state index in [0.29, 0.717) is 22.9 Å². The first-order valence-electron chi connectivity index (χ1n) is 4.74. The van der Waals surface area contributed by atoms with Crippen LogP contribution in [-0.4, -0.2) is 33.7 Å². The Bertz CT molecular complexity index is 389. The van der Waals surface area contributed by atoms with Crippen LogP contribution in [0.15, 0.2) is 23.1 Å². The Hall–Kier alpha value is -1.50. The molecule has 1 heterocycles. The van der Waals surface area contributed by atoms with Crippen LogP contribution in [0.1, 0.15) is 13.3 Å². The van der Waals surface area contributed by atoms with Crippen LogP contribution in [0.2, 0.25) is 0 Å². The van der Waals surface area contributed by atoms with Crippen molar-refractivity contribution < 1.29 is 9.53 Å². The van der Waals surface area contributed by atoms with Gasteiger partial charge in [0.15, 0.2) is 0 Å². The molecule has 0 fully saturated rings. The average Bonchev–Trinajstić information content (AvgIpc) is 2.69. The third kappa shape index (κ3) is 3.27. The number of esters is 1. The second kappa shape index (κ2) is 6.16. The average molecular weight is 242 g/mol. The van der Waals surface area contributed by atoms with Crippen molar-refractivity contribution in [2.45, 2.75) is 18.5 Å². The monoisotopic (exact) mass is 242 g/mol. The maximum Gasteiger partial charge on any atom is 0.333 e. The van der Waals surface area contributed by atoms with Crippen molar-refractivity contribution in [2.75, 3.05) is 18.7 Å². The van der Waals surface area contributed by atoms with Crippen molar-refractivity contribution in [2.24, 2.45) is 0 Å². The molecule has 0 bridgehead atoms. The number of nitrogens with zero attached hydrogens (tertiary/aromatic N) is 3. The minimum atomic E-state index is -0.294. The Morgan fingerprint density at radius 3 is 3.00 bits per heavy atom. The minimum Gasteiger partial charge on any atom is -0.466 e. The van der Waals surface area contributed by atoms with Crippen LogP contribution >= 0.6 is 11.8 Å². The lowest BCUT2D eigenvalue weighted by Crippen LogP contribution is -2.08. The molecule has 88 valence electrons. The number of hydrogen-bond donors (Lipinski definition) is 1. The van der Waals surface area contributed by atoms with Gasteiger partial charge in [-0.05, 0) is 6.42 Å². The Balaban J connectivity index is 2.52. The highest BCUT2D eigenvalue weighted by Crippen LogP contribution is 2.14. The van der Waals surface area contributed by atoms with Crippen LogP contribution in [0.3, 0.4) is 0 Å². The number of rotatable bonds is 5. The van der Waals surface area contributed by atoms with E-state index in [1.54, 1.807) is 0 Å². The van der Waals surface area contributed by atoms with Crippen molar-refractivity contribution in [3.8, 4) is 0 Å². The molecular weight excluding hydrogens is 228 g/mol. The van der Waals surface area contributed by atoms with Crippen molar-refractivity contribution in [1.29, 1.82) is 0 Å². The number of methoxy groups -OCH3 is 1. The quantitative estimate of drug-likeness (QED) is 0.352. The molecule has 0 spiro atoms. The van der Waals surface area contributed by atoms with Gasteiger partial charge in [-0.3, -0.25) is 0 Å². The Morgan fingerprint density at radius 2 is 2.50 bits per heavy atom. The summed E-state index contributed by atoms with van der Waals surface area (Å²) < 4.78 is 5.98. The summed E-state index contributed by atoms with van der Waals surface area (Å²) in [5.74, 6) is 5.85. The molecule has 0 radical (unpaired) electrons. The van der Waals surface area contributed by atoms with E-state index in [1.165, 1.54) is 29.9 Å². The first-order chi connectivity index (χ1) is 7.69. The summed E-state index contributed by atoms with van der Waals surface area (Å²) in [6.07, 6.45) is 3.88. The molecule has 0 amide bonds. The van der Waals surface area contributed by atoms with Crippen molar-refractivity contribution >= 4 is 17.7 Å². The van der Waals surface area contributed by atoms with E-state index in [4.69, 9.17) is 5.84 Å². The van der Waals surface area contributed by atoms with Gasteiger partial charge in [-0.1, -0.05) is 24.8 Å². The molecule has 0 aliphatic rings. The number of hydrogen-bond acceptors (Lipinski definition) is 6. The molecule has 0 saturated carbocycles. The maximum atomic E-state index is 11.2. The molecule has 1 aromatic heterocycles. The first kappa shape index (κ1) is 12.6. The molecule has 16 heavy (non-hydrogen) atoms. The SMILES string of the molecule is CCC(=CCSc1nncn1N)C(=O)OC. The number of nitrogens with two attached hydrogens (primary N) is 1. The minimum absolute atomic E-state index is 0.294. The van der Waals surface area contributed by atoms with E-state index < -0.39 is 0 Å². The van der Waals surface area contributed by atoms with Crippen LogP contribution in [0, 0.1) is 0 Å². The van der Waals surface area contributed by atoms with Gasteiger partial charge >= 0.3 is 5.97 Å². The van der Waals surface area contributed by atoms with Crippen molar-refractivity contribution in [3.63, 3.8) is 0 Å². The lowest BCUT2D eigenvalue weighted by molar-refractivity contribution is -0.136. The molecule has 0 aliphatic heterocycles. The van der Waals surface area contributed by atoms with Crippen LogP contribution in [0.5, 0.6) is 0 Å². The second-order valence-corrected chi connectivity index (χ2v) is 3.89. The summed E-state index contributed by atoms with van der Waals surface area (Å²) in [5.41, 5.74) is 0.651. The number of carbonyl (C=O) groups excluding carboxylic acids is 1. The maximum absolute atomic E-state index is 11.2. The topological polar surface area (TPSA) is 83.0 Å². The highest BCUT2D eigenvalue weighted by Gasteiger charge is 2.07. The predicted octanol–water partition coefficient (Wildman–Crippen LogP) is 0.593. The number of ether oxygens (including phenoxy) is 1. The van der Waals surface area contributed by atoms with Gasteiger partial charge in [0.25, 0.3) is 0 Å². The van der Waals surface area contributed by atoms with E-state index in [9.17, 15) is 4.79 Å². The van der Waals surface area contributed by atoms with Gasteiger partial charge in [0.2, 0.25) is 5.16 Å². The highest BCUT2D eigenvalue weighted by atomic mass is 32.2. The fraction of sp³-hybridized carbons (Fsp3) is 0.444. The first-order valence-corrected chi connectivity index (χ1v) is 5.72. The number of nitrogen functional groups attached to an aromatic ring is 1. The molecule has 6 nitrogen and oxygen atoms in total. The van der Waals surface area contributed by atoms with Crippen LogP contribution in [0.4, 0.5) is 0 Å². The lowest BCUT2D eigenvalue weighted by Gasteiger charge is -2.01. The normalized spacial score (nSPS) is 11.5. The molecule has 2 N–H and O–H groups in total. The van der Waals surface area contributed by atoms with E-state index >= 15 is 0 Å². The molecule has 0 unspecified atom stereocenters. The van der Waals surface area contributed by atoms with E-state index in [0.717, 1.165) is 0 Å². The van der Waals surface area contributed by atoms with Gasteiger partial charge in [-0.15, -0.1) is 10.2 Å². The molecule has 7 heteroatoms. The third-order valence-corrected chi connectivity index (χ3v) is 2.79. The summed E-state index contributed by atoms with van der Waals surface area (Å²) in [4.78, 5) is 11.2. The summed E-state index contributed by atoms with van der Waals surface area (Å²) in [5, 5.41) is 8.06. The van der Waals surface area contributed by atoms with Gasteiger partial charge in [0, 0.05) is 11.3 Å². The summed E-state index contributed by atoms with van der Waals surface area (Å²) >= 11 is 1.41. The summed E-state index contributed by atoms with van der Waals surface area (Å²) in [6, 6.07) is 0. The van der Waals surface area contributed by atoms with Crippen LogP contribution in [-0.2, 0) is 9.53 Å². The zero-order valence-corrected chi connectivity index (χ0v) is 10.0. The van der Waals surface area contributed by atoms with Gasteiger partial charge in [-0.25, -0.2) is 9.47 Å². The van der Waals surface area contributed by atoms with Gasteiger partial charge < -0.3 is 10.6 Å². The third-order valence-electron chi connectivity index (χ3n) is 1.91. The summed E-state index contributed by atoms with van der Waals surface area (Å²) in [7, 11) is 1.37. The van der Waals surface area contributed by atoms with Crippen LogP contribution in [0.25, 0.3) is 0 Å². The van der Waals surface area contributed by atoms with E-state index in [-0.39, 0.29) is 5.97 Å². The highest BCUT2D eigenvalue weighted by molar-refractivity contribution is 7.99. The second-order valence-electron chi connectivity index (χ2n) is 2.91. The fourth-order valence-electron chi connectivity index (χ4n) is 1.06. The van der Waals surface area contributed by atoms with Gasteiger partial charge in [0.05, 0.1) is 7.11 Å². The lowest BCUT2D eigenvalue weighted by atomic mass is 10.2. The van der Waals surface area contributed by atoms with E-state index in [1.807, 2.05) is 13.0 Å². The molecular formula is C9H14N4O2S. The molecule has 0 saturated heterocycles. The standard InChI is InChI=1S/C9H14N4O2S/c1-3-7(8(14)15-2)4-5-16-9-12-11-6-13(9)10/h4,6H,3,5,10H2,1-2H3. The largest absolute Gasteiger partial charge is 0.466 e. The molecule has 0 aliphatic carbocycles. The number of thioether (sulfide) groups is 1. The number of carbonyl (C=O) groups is 1. The Morgan fingerprint density at radius 1 is 1.75 bits per heavy atom. The molecule has 0 aromatic carbocycles. The van der Waals surface area contributed by atoms with Crippen molar-refractivity contribution in [3.05, 3.63) is 18.0 Å². The van der Waals surface area contributed by atoms with Crippen LogP contribution < -0.4 is 5.84 Å².